The average Bonchev–Trinajstić information content (AvgIpc) is 2.41. The Hall–Kier alpha value is -1.67. The van der Waals surface area contributed by atoms with Crippen LogP contribution in [0.2, 0.25) is 0 Å². The summed E-state index contributed by atoms with van der Waals surface area (Å²) >= 11 is 6.81. The molecule has 0 aliphatic carbocycles. The first-order chi connectivity index (χ1) is 9.92. The van der Waals surface area contributed by atoms with E-state index in [9.17, 15) is 4.79 Å². The van der Waals surface area contributed by atoms with Gasteiger partial charge in [-0.2, -0.15) is 0 Å². The highest BCUT2D eigenvalue weighted by Crippen LogP contribution is 2.35. The molecule has 0 aliphatic heterocycles. The largest absolute Gasteiger partial charge is 0.495 e. The lowest BCUT2D eigenvalue weighted by molar-refractivity contribution is 0.0695. The Balaban J connectivity index is 2.34. The third kappa shape index (κ3) is 3.51. The van der Waals surface area contributed by atoms with E-state index in [4.69, 9.17) is 9.84 Å². The number of nitrogens with zero attached hydrogens (tertiary/aromatic N) is 2. The molecule has 0 bridgehead atoms. The smallest absolute Gasteiger partial charge is 0.339 e. The zero-order valence-electron chi connectivity index (χ0n) is 11.1. The van der Waals surface area contributed by atoms with Crippen molar-refractivity contribution in [1.29, 1.82) is 0 Å². The van der Waals surface area contributed by atoms with E-state index in [0.29, 0.717) is 23.1 Å². The molecule has 2 aromatic rings. The van der Waals surface area contributed by atoms with Crippen LogP contribution in [0.3, 0.4) is 0 Å². The number of benzene rings is 1. The van der Waals surface area contributed by atoms with Crippen LogP contribution in [-0.2, 0) is 0 Å². The molecular weight excluding hydrogens is 406 g/mol. The number of carboxylic acid groups (broad SMARTS) is 1. The molecule has 2 N–H and O–H groups in total. The summed E-state index contributed by atoms with van der Waals surface area (Å²) in [4.78, 5) is 19.1. The summed E-state index contributed by atoms with van der Waals surface area (Å²) in [6.07, 6.45) is 1.27. The molecule has 0 unspecified atom stereocenters. The molecule has 0 spiro atoms. The van der Waals surface area contributed by atoms with Gasteiger partial charge in [-0.05, 0) is 44.8 Å². The molecule has 0 saturated carbocycles. The van der Waals surface area contributed by atoms with Gasteiger partial charge in [-0.25, -0.2) is 14.8 Å². The maximum absolute atomic E-state index is 10.9. The summed E-state index contributed by atoms with van der Waals surface area (Å²) in [5.74, 6) is -0.0901. The van der Waals surface area contributed by atoms with Crippen LogP contribution in [0.25, 0.3) is 0 Å². The topological polar surface area (TPSA) is 84.3 Å². The zero-order chi connectivity index (χ0) is 15.6. The molecule has 1 aromatic carbocycles. The number of carbonyl (C=O) groups is 1. The number of aryl methyl sites for hydroxylation is 1. The number of methoxy groups -OCH3 is 1. The van der Waals surface area contributed by atoms with E-state index in [1.54, 1.807) is 20.1 Å². The Bertz CT molecular complexity index is 707. The van der Waals surface area contributed by atoms with Gasteiger partial charge in [0, 0.05) is 16.7 Å². The highest BCUT2D eigenvalue weighted by atomic mass is 79.9. The van der Waals surface area contributed by atoms with E-state index in [1.807, 2.05) is 6.07 Å². The van der Waals surface area contributed by atoms with Gasteiger partial charge in [0.15, 0.2) is 0 Å². The van der Waals surface area contributed by atoms with Gasteiger partial charge in [-0.1, -0.05) is 0 Å². The lowest BCUT2D eigenvalue weighted by Crippen LogP contribution is -2.06. The summed E-state index contributed by atoms with van der Waals surface area (Å²) in [5.41, 5.74) is 1.17. The predicted molar refractivity (Wildman–Crippen MR) is 85.4 cm³/mol. The van der Waals surface area contributed by atoms with Gasteiger partial charge in [0.1, 0.15) is 5.75 Å². The summed E-state index contributed by atoms with van der Waals surface area (Å²) in [5, 5.41) is 12.0. The number of rotatable bonds is 4. The van der Waals surface area contributed by atoms with Crippen molar-refractivity contribution >= 4 is 49.5 Å². The fourth-order valence-electron chi connectivity index (χ4n) is 1.64. The van der Waals surface area contributed by atoms with E-state index in [0.717, 1.165) is 8.95 Å². The number of aromatic nitrogens is 2. The van der Waals surface area contributed by atoms with Gasteiger partial charge >= 0.3 is 5.97 Å². The molecule has 0 fully saturated rings. The maximum Gasteiger partial charge on any atom is 0.339 e. The van der Waals surface area contributed by atoms with E-state index >= 15 is 0 Å². The Labute approximate surface area is 137 Å². The number of ether oxygens (including phenoxy) is 1. The van der Waals surface area contributed by atoms with Gasteiger partial charge in [0.2, 0.25) is 5.95 Å². The van der Waals surface area contributed by atoms with Gasteiger partial charge in [-0.3, -0.25) is 0 Å². The number of hydrogen-bond donors (Lipinski definition) is 2. The highest BCUT2D eigenvalue weighted by molar-refractivity contribution is 9.11. The summed E-state index contributed by atoms with van der Waals surface area (Å²) < 4.78 is 6.82. The van der Waals surface area contributed by atoms with Crippen LogP contribution in [0.1, 0.15) is 16.1 Å². The molecule has 1 heterocycles. The molecule has 0 atom stereocenters. The van der Waals surface area contributed by atoms with Gasteiger partial charge in [-0.15, -0.1) is 0 Å². The standard InChI is InChI=1S/C13H11Br2N3O3/c1-6-7(12(19)20)5-16-13(17-6)18-10-4-11(21-2)9(15)3-8(10)14/h3-5H,1-2H3,(H,19,20)(H,16,17,18). The van der Waals surface area contributed by atoms with E-state index in [1.165, 1.54) is 6.20 Å². The Morgan fingerprint density at radius 1 is 1.33 bits per heavy atom. The van der Waals surface area contributed by atoms with Crippen molar-refractivity contribution in [3.63, 3.8) is 0 Å². The Kier molecular flexibility index (Phi) is 4.79. The fourth-order valence-corrected chi connectivity index (χ4v) is 2.89. The van der Waals surface area contributed by atoms with E-state index in [2.05, 4.69) is 47.1 Å². The van der Waals surface area contributed by atoms with Gasteiger partial charge in [0.05, 0.1) is 28.5 Å². The number of nitrogens with one attached hydrogen (secondary N) is 1. The summed E-state index contributed by atoms with van der Waals surface area (Å²) in [6, 6.07) is 3.61. The van der Waals surface area contributed by atoms with Crippen molar-refractivity contribution < 1.29 is 14.6 Å². The van der Waals surface area contributed by atoms with Gasteiger partial charge in [0.25, 0.3) is 0 Å². The monoisotopic (exact) mass is 415 g/mol. The van der Waals surface area contributed by atoms with Crippen LogP contribution in [0.4, 0.5) is 11.6 Å². The van der Waals surface area contributed by atoms with Crippen molar-refractivity contribution in [2.75, 3.05) is 12.4 Å². The lowest BCUT2D eigenvalue weighted by Gasteiger charge is -2.11. The van der Waals surface area contributed by atoms with Crippen LogP contribution in [0.15, 0.2) is 27.3 Å². The third-order valence-electron chi connectivity index (χ3n) is 2.70. The molecule has 0 amide bonds. The average molecular weight is 417 g/mol. The third-order valence-corrected chi connectivity index (χ3v) is 3.97. The number of halogens is 2. The van der Waals surface area contributed by atoms with Crippen molar-refractivity contribution in [2.45, 2.75) is 6.92 Å². The predicted octanol–water partition coefficient (Wildman–Crippen LogP) is 3.76. The van der Waals surface area contributed by atoms with Crippen molar-refractivity contribution in [2.24, 2.45) is 0 Å². The highest BCUT2D eigenvalue weighted by Gasteiger charge is 2.12. The molecule has 110 valence electrons. The van der Waals surface area contributed by atoms with Crippen molar-refractivity contribution in [3.8, 4) is 5.75 Å². The number of carboxylic acids is 1. The molecular formula is C13H11Br2N3O3. The van der Waals surface area contributed by atoms with Gasteiger partial charge < -0.3 is 15.2 Å². The summed E-state index contributed by atoms with van der Waals surface area (Å²) in [7, 11) is 1.57. The second kappa shape index (κ2) is 6.40. The second-order valence-electron chi connectivity index (χ2n) is 4.09. The minimum absolute atomic E-state index is 0.0769. The Morgan fingerprint density at radius 3 is 2.62 bits per heavy atom. The lowest BCUT2D eigenvalue weighted by atomic mass is 10.2. The first kappa shape index (κ1) is 15.7. The van der Waals surface area contributed by atoms with Crippen LogP contribution in [0.5, 0.6) is 5.75 Å². The molecule has 21 heavy (non-hydrogen) atoms. The summed E-state index contributed by atoms with van der Waals surface area (Å²) in [6.45, 7) is 1.62. The van der Waals surface area contributed by atoms with Crippen LogP contribution < -0.4 is 10.1 Å². The molecule has 0 saturated heterocycles. The van der Waals surface area contributed by atoms with Crippen LogP contribution >= 0.6 is 31.9 Å². The normalized spacial score (nSPS) is 10.3. The van der Waals surface area contributed by atoms with Crippen molar-refractivity contribution in [1.82, 2.24) is 9.97 Å². The maximum atomic E-state index is 10.9. The quantitative estimate of drug-likeness (QED) is 0.789. The second-order valence-corrected chi connectivity index (χ2v) is 5.80. The molecule has 1 aromatic heterocycles. The SMILES string of the molecule is COc1cc(Nc2ncc(C(=O)O)c(C)n2)c(Br)cc1Br. The zero-order valence-corrected chi connectivity index (χ0v) is 14.3. The van der Waals surface area contributed by atoms with Crippen LogP contribution in [-0.4, -0.2) is 28.2 Å². The molecule has 0 aliphatic rings. The first-order valence-electron chi connectivity index (χ1n) is 5.79. The van der Waals surface area contributed by atoms with E-state index in [-0.39, 0.29) is 5.56 Å². The van der Waals surface area contributed by atoms with E-state index < -0.39 is 5.97 Å². The minimum atomic E-state index is -1.05. The van der Waals surface area contributed by atoms with Crippen LogP contribution in [0, 0.1) is 6.92 Å². The fraction of sp³-hybridized carbons (Fsp3) is 0.154. The Morgan fingerprint density at radius 2 is 2.05 bits per heavy atom. The minimum Gasteiger partial charge on any atom is -0.495 e. The molecule has 2 rings (SSSR count). The molecule has 0 radical (unpaired) electrons. The van der Waals surface area contributed by atoms with Crippen molar-refractivity contribution in [3.05, 3.63) is 38.5 Å². The number of anilines is 2. The first-order valence-corrected chi connectivity index (χ1v) is 7.38. The number of aromatic carboxylic acids is 1. The molecule has 6 nitrogen and oxygen atoms in total. The molecule has 8 heteroatoms. The number of hydrogen-bond acceptors (Lipinski definition) is 5.